The molecular weight excluding hydrogens is 122 g/mol. The summed E-state index contributed by atoms with van der Waals surface area (Å²) >= 11 is 1.41. The first-order valence-corrected chi connectivity index (χ1v) is 3.42. The van der Waals surface area contributed by atoms with Gasteiger partial charge in [0.2, 0.25) is 0 Å². The van der Waals surface area contributed by atoms with E-state index in [1.54, 1.807) is 6.21 Å². The van der Waals surface area contributed by atoms with E-state index in [0.717, 1.165) is 5.75 Å². The van der Waals surface area contributed by atoms with E-state index in [1.807, 2.05) is 12.2 Å². The predicted octanol–water partition coefficient (Wildman–Crippen LogP) is 0.636. The molecule has 0 radical (unpaired) electrons. The van der Waals surface area contributed by atoms with Crippen LogP contribution in [0.25, 0.3) is 0 Å². The van der Waals surface area contributed by atoms with Gasteiger partial charge in [0, 0.05) is 12.0 Å². The van der Waals surface area contributed by atoms with Gasteiger partial charge in [-0.15, -0.1) is 11.8 Å². The van der Waals surface area contributed by atoms with Crippen molar-refractivity contribution in [3.63, 3.8) is 0 Å². The average molecular weight is 129 g/mol. The summed E-state index contributed by atoms with van der Waals surface area (Å²) in [6, 6.07) is 0. The van der Waals surface area contributed by atoms with Gasteiger partial charge in [0.05, 0.1) is 0 Å². The SMILES string of the molecule is OC1N=CC=CCS1. The van der Waals surface area contributed by atoms with Crippen molar-refractivity contribution in [1.82, 2.24) is 0 Å². The molecule has 1 atom stereocenters. The lowest BCUT2D eigenvalue weighted by molar-refractivity contribution is 0.275. The fourth-order valence-corrected chi connectivity index (χ4v) is 0.975. The fraction of sp³-hybridized carbons (Fsp3) is 0.400. The highest BCUT2D eigenvalue weighted by Gasteiger charge is 1.97. The Morgan fingerprint density at radius 1 is 1.75 bits per heavy atom. The van der Waals surface area contributed by atoms with E-state index in [1.165, 1.54) is 11.8 Å². The number of thioether (sulfide) groups is 1. The highest BCUT2D eigenvalue weighted by atomic mass is 32.2. The van der Waals surface area contributed by atoms with E-state index in [9.17, 15) is 0 Å². The first-order chi connectivity index (χ1) is 3.89. The summed E-state index contributed by atoms with van der Waals surface area (Å²) in [6.07, 6.45) is 5.41. The third-order valence-corrected chi connectivity index (χ3v) is 1.58. The molecule has 1 aliphatic heterocycles. The zero-order chi connectivity index (χ0) is 5.82. The normalized spacial score (nSPS) is 27.9. The third-order valence-electron chi connectivity index (χ3n) is 0.777. The van der Waals surface area contributed by atoms with Gasteiger partial charge in [-0.2, -0.15) is 0 Å². The molecule has 44 valence electrons. The Kier molecular flexibility index (Phi) is 2.11. The fourth-order valence-electron chi connectivity index (χ4n) is 0.424. The van der Waals surface area contributed by atoms with Crippen molar-refractivity contribution >= 4 is 18.0 Å². The molecule has 0 aromatic heterocycles. The van der Waals surface area contributed by atoms with Crippen LogP contribution in [0.1, 0.15) is 0 Å². The molecule has 2 nitrogen and oxygen atoms in total. The molecule has 1 aliphatic rings. The first-order valence-electron chi connectivity index (χ1n) is 2.37. The molecule has 8 heavy (non-hydrogen) atoms. The summed E-state index contributed by atoms with van der Waals surface area (Å²) < 4.78 is 0. The molecule has 0 saturated carbocycles. The zero-order valence-electron chi connectivity index (χ0n) is 4.32. The van der Waals surface area contributed by atoms with Crippen molar-refractivity contribution in [3.8, 4) is 0 Å². The number of aliphatic hydroxyl groups excluding tert-OH is 1. The lowest BCUT2D eigenvalue weighted by Gasteiger charge is -1.96. The predicted molar refractivity (Wildman–Crippen MR) is 36.1 cm³/mol. The Bertz CT molecular complexity index is 122. The second-order valence-electron chi connectivity index (χ2n) is 1.39. The lowest BCUT2D eigenvalue weighted by atomic mass is 10.6. The number of nitrogens with zero attached hydrogens (tertiary/aromatic N) is 1. The summed E-state index contributed by atoms with van der Waals surface area (Å²) in [5.41, 5.74) is -0.551. The van der Waals surface area contributed by atoms with Crippen molar-refractivity contribution < 1.29 is 5.11 Å². The number of aliphatic imine (C=N–C) groups is 1. The van der Waals surface area contributed by atoms with Gasteiger partial charge in [0.1, 0.15) is 0 Å². The molecule has 0 saturated heterocycles. The van der Waals surface area contributed by atoms with Crippen molar-refractivity contribution in [2.75, 3.05) is 5.75 Å². The maximum absolute atomic E-state index is 8.81. The van der Waals surface area contributed by atoms with Crippen molar-refractivity contribution in [2.24, 2.45) is 4.99 Å². The van der Waals surface area contributed by atoms with Gasteiger partial charge in [-0.1, -0.05) is 6.08 Å². The smallest absolute Gasteiger partial charge is 0.193 e. The van der Waals surface area contributed by atoms with Gasteiger partial charge in [-0.25, -0.2) is 0 Å². The van der Waals surface area contributed by atoms with Crippen LogP contribution in [-0.2, 0) is 0 Å². The number of hydrogen-bond acceptors (Lipinski definition) is 3. The van der Waals surface area contributed by atoms with Crippen LogP contribution in [0.5, 0.6) is 0 Å². The van der Waals surface area contributed by atoms with E-state index in [-0.39, 0.29) is 0 Å². The van der Waals surface area contributed by atoms with Gasteiger partial charge in [0.25, 0.3) is 0 Å². The molecule has 0 aromatic carbocycles. The summed E-state index contributed by atoms with van der Waals surface area (Å²) in [5.74, 6) is 0.848. The standard InChI is InChI=1S/C5H7NOS/c7-5-6-3-1-2-4-8-5/h1-3,5,7H,4H2. The van der Waals surface area contributed by atoms with Crippen LogP contribution in [0.4, 0.5) is 0 Å². The molecule has 1 N–H and O–H groups in total. The van der Waals surface area contributed by atoms with E-state index >= 15 is 0 Å². The summed E-state index contributed by atoms with van der Waals surface area (Å²) in [6.45, 7) is 0. The minimum Gasteiger partial charge on any atom is -0.363 e. The quantitative estimate of drug-likeness (QED) is 0.520. The summed E-state index contributed by atoms with van der Waals surface area (Å²) in [7, 11) is 0. The Morgan fingerprint density at radius 3 is 3.50 bits per heavy atom. The molecule has 1 rings (SSSR count). The lowest BCUT2D eigenvalue weighted by Crippen LogP contribution is -1.93. The molecule has 0 aliphatic carbocycles. The average Bonchev–Trinajstić information content (AvgIpc) is 1.94. The van der Waals surface area contributed by atoms with Crippen LogP contribution in [0, 0.1) is 0 Å². The maximum Gasteiger partial charge on any atom is 0.193 e. The largest absolute Gasteiger partial charge is 0.363 e. The second kappa shape index (κ2) is 2.89. The molecule has 0 bridgehead atoms. The highest BCUT2D eigenvalue weighted by Crippen LogP contribution is 2.10. The van der Waals surface area contributed by atoms with Gasteiger partial charge in [-0.3, -0.25) is 4.99 Å². The monoisotopic (exact) mass is 129 g/mol. The summed E-state index contributed by atoms with van der Waals surface area (Å²) in [4.78, 5) is 3.73. The Labute approximate surface area is 52.3 Å². The summed E-state index contributed by atoms with van der Waals surface area (Å²) in [5, 5.41) is 8.81. The Balaban J connectivity index is 2.46. The van der Waals surface area contributed by atoms with Crippen LogP contribution in [-0.4, -0.2) is 22.6 Å². The number of rotatable bonds is 0. The second-order valence-corrected chi connectivity index (χ2v) is 2.47. The van der Waals surface area contributed by atoms with Crippen molar-refractivity contribution in [2.45, 2.75) is 5.56 Å². The molecule has 1 unspecified atom stereocenters. The van der Waals surface area contributed by atoms with Crippen LogP contribution < -0.4 is 0 Å². The molecule has 0 amide bonds. The van der Waals surface area contributed by atoms with Crippen molar-refractivity contribution in [3.05, 3.63) is 12.2 Å². The molecule has 1 heterocycles. The minimum absolute atomic E-state index is 0.551. The van der Waals surface area contributed by atoms with Gasteiger partial charge in [-0.05, 0) is 6.08 Å². The molecule has 0 spiro atoms. The van der Waals surface area contributed by atoms with Crippen LogP contribution in [0.3, 0.4) is 0 Å². The maximum atomic E-state index is 8.81. The van der Waals surface area contributed by atoms with Gasteiger partial charge >= 0.3 is 0 Å². The van der Waals surface area contributed by atoms with Crippen LogP contribution >= 0.6 is 11.8 Å². The minimum atomic E-state index is -0.551. The number of aliphatic hydroxyl groups is 1. The molecular formula is C5H7NOS. The van der Waals surface area contributed by atoms with Crippen molar-refractivity contribution in [1.29, 1.82) is 0 Å². The highest BCUT2D eigenvalue weighted by molar-refractivity contribution is 7.99. The Morgan fingerprint density at radius 2 is 2.62 bits per heavy atom. The van der Waals surface area contributed by atoms with Crippen LogP contribution in [0.15, 0.2) is 17.1 Å². The number of hydrogen-bond donors (Lipinski definition) is 1. The van der Waals surface area contributed by atoms with E-state index in [4.69, 9.17) is 5.11 Å². The zero-order valence-corrected chi connectivity index (χ0v) is 5.14. The molecule has 3 heteroatoms. The third kappa shape index (κ3) is 1.68. The first kappa shape index (κ1) is 5.85. The molecule has 0 fully saturated rings. The van der Waals surface area contributed by atoms with E-state index in [0.29, 0.717) is 0 Å². The van der Waals surface area contributed by atoms with E-state index < -0.39 is 5.56 Å². The Hall–Kier alpha value is -0.280. The van der Waals surface area contributed by atoms with E-state index in [2.05, 4.69) is 4.99 Å². The van der Waals surface area contributed by atoms with Crippen LogP contribution in [0.2, 0.25) is 0 Å². The van der Waals surface area contributed by atoms with Gasteiger partial charge < -0.3 is 5.11 Å². The van der Waals surface area contributed by atoms with Gasteiger partial charge in [0.15, 0.2) is 5.56 Å². The molecule has 0 aromatic rings. The topological polar surface area (TPSA) is 32.6 Å². The number of allylic oxidation sites excluding steroid dienone is 1.